The molecule has 0 N–H and O–H groups in total. The lowest BCUT2D eigenvalue weighted by atomic mass is 9.80. The van der Waals surface area contributed by atoms with E-state index < -0.39 is 0 Å². The van der Waals surface area contributed by atoms with E-state index in [0.717, 1.165) is 24.8 Å². The lowest BCUT2D eigenvalue weighted by Crippen LogP contribution is -2.12. The van der Waals surface area contributed by atoms with Crippen molar-refractivity contribution < 1.29 is 0 Å². The van der Waals surface area contributed by atoms with Crippen LogP contribution in [0.2, 0.25) is 0 Å². The average Bonchev–Trinajstić information content (AvgIpc) is 2.42. The highest BCUT2D eigenvalue weighted by Crippen LogP contribution is 2.33. The van der Waals surface area contributed by atoms with Crippen molar-refractivity contribution in [2.45, 2.75) is 45.4 Å². The van der Waals surface area contributed by atoms with Crippen LogP contribution in [0.3, 0.4) is 0 Å². The van der Waals surface area contributed by atoms with E-state index in [4.69, 9.17) is 10.5 Å². The lowest BCUT2D eigenvalue weighted by Gasteiger charge is -2.24. The minimum Gasteiger partial charge on any atom is -0.246 e. The minimum atomic E-state index is 0.218. The van der Waals surface area contributed by atoms with Crippen molar-refractivity contribution in [1.29, 1.82) is 10.5 Å². The Kier molecular flexibility index (Phi) is 5.88. The van der Waals surface area contributed by atoms with E-state index in [-0.39, 0.29) is 5.92 Å². The van der Waals surface area contributed by atoms with Crippen LogP contribution in [0, 0.1) is 28.6 Å². The van der Waals surface area contributed by atoms with Crippen LogP contribution < -0.4 is 0 Å². The molecule has 3 heteroatoms. The molecule has 3 nitrogen and oxygen atoms in total. The molecule has 0 amide bonds. The molecule has 0 aromatic carbocycles. The quantitative estimate of drug-likeness (QED) is 0.761. The fourth-order valence-corrected chi connectivity index (χ4v) is 2.45. The molecular weight excluding hydrogens is 222 g/mol. The van der Waals surface area contributed by atoms with Crippen molar-refractivity contribution in [2.75, 3.05) is 0 Å². The standard InChI is InChI=1S/C15H19N3/c1-3-5-12(4-2)15(6-8-16)13-7-9-18-14(10-13)11-17/h7,9-10,12,15H,3-6H2,1-2H3. The molecule has 0 saturated heterocycles. The van der Waals surface area contributed by atoms with Gasteiger partial charge < -0.3 is 0 Å². The van der Waals surface area contributed by atoms with Crippen LogP contribution in [0.25, 0.3) is 0 Å². The molecule has 0 aliphatic rings. The number of aromatic nitrogens is 1. The first-order valence-electron chi connectivity index (χ1n) is 6.49. The molecule has 0 bridgehead atoms. The highest BCUT2D eigenvalue weighted by molar-refractivity contribution is 5.29. The summed E-state index contributed by atoms with van der Waals surface area (Å²) in [5, 5.41) is 17.9. The maximum absolute atomic E-state index is 9.01. The maximum atomic E-state index is 9.01. The van der Waals surface area contributed by atoms with E-state index in [2.05, 4.69) is 31.0 Å². The van der Waals surface area contributed by atoms with Gasteiger partial charge >= 0.3 is 0 Å². The van der Waals surface area contributed by atoms with E-state index in [1.807, 2.05) is 12.1 Å². The molecule has 1 aromatic rings. The molecule has 18 heavy (non-hydrogen) atoms. The third kappa shape index (κ3) is 3.57. The van der Waals surface area contributed by atoms with Gasteiger partial charge in [0.25, 0.3) is 0 Å². The van der Waals surface area contributed by atoms with Gasteiger partial charge in [-0.1, -0.05) is 33.1 Å². The Hall–Kier alpha value is -1.87. The van der Waals surface area contributed by atoms with Gasteiger partial charge in [-0.25, -0.2) is 4.98 Å². The summed E-state index contributed by atoms with van der Waals surface area (Å²) in [7, 11) is 0. The Bertz CT molecular complexity index is 454. The SMILES string of the molecule is CCCC(CC)C(CC#N)c1ccnc(C#N)c1. The summed E-state index contributed by atoms with van der Waals surface area (Å²) >= 11 is 0. The predicted octanol–water partition coefficient (Wildman–Crippen LogP) is 3.78. The van der Waals surface area contributed by atoms with Crippen LogP contribution in [-0.4, -0.2) is 4.98 Å². The van der Waals surface area contributed by atoms with Crippen molar-refractivity contribution in [3.05, 3.63) is 29.6 Å². The van der Waals surface area contributed by atoms with Crippen molar-refractivity contribution >= 4 is 0 Å². The average molecular weight is 241 g/mol. The van der Waals surface area contributed by atoms with Gasteiger partial charge in [-0.15, -0.1) is 0 Å². The second kappa shape index (κ2) is 7.45. The Morgan fingerprint density at radius 2 is 2.11 bits per heavy atom. The summed E-state index contributed by atoms with van der Waals surface area (Å²) in [6.07, 6.45) is 5.47. The number of hydrogen-bond donors (Lipinski definition) is 0. The van der Waals surface area contributed by atoms with Gasteiger partial charge in [0.1, 0.15) is 11.8 Å². The van der Waals surface area contributed by atoms with Gasteiger partial charge in [-0.3, -0.25) is 0 Å². The monoisotopic (exact) mass is 241 g/mol. The van der Waals surface area contributed by atoms with E-state index in [9.17, 15) is 0 Å². The highest BCUT2D eigenvalue weighted by Gasteiger charge is 2.21. The lowest BCUT2D eigenvalue weighted by molar-refractivity contribution is 0.382. The molecule has 1 aromatic heterocycles. The number of nitriles is 2. The fourth-order valence-electron chi connectivity index (χ4n) is 2.45. The predicted molar refractivity (Wildman–Crippen MR) is 70.6 cm³/mol. The van der Waals surface area contributed by atoms with Gasteiger partial charge in [0, 0.05) is 12.6 Å². The summed E-state index contributed by atoms with van der Waals surface area (Å²) in [5.41, 5.74) is 1.50. The van der Waals surface area contributed by atoms with Crippen molar-refractivity contribution in [3.8, 4) is 12.1 Å². The molecule has 94 valence electrons. The number of nitrogens with zero attached hydrogens (tertiary/aromatic N) is 3. The molecule has 0 aliphatic heterocycles. The normalized spacial score (nSPS) is 13.3. The van der Waals surface area contributed by atoms with Gasteiger partial charge in [-0.2, -0.15) is 10.5 Å². The van der Waals surface area contributed by atoms with E-state index in [1.54, 1.807) is 6.20 Å². The van der Waals surface area contributed by atoms with Crippen LogP contribution in [-0.2, 0) is 0 Å². The molecule has 1 heterocycles. The van der Waals surface area contributed by atoms with Crippen molar-refractivity contribution in [3.63, 3.8) is 0 Å². The zero-order valence-electron chi connectivity index (χ0n) is 11.1. The summed E-state index contributed by atoms with van der Waals surface area (Å²) in [5.74, 6) is 0.721. The second-order valence-electron chi connectivity index (χ2n) is 4.51. The molecule has 0 aliphatic carbocycles. The van der Waals surface area contributed by atoms with Crippen LogP contribution in [0.15, 0.2) is 18.3 Å². The Labute approximate surface area is 109 Å². The molecule has 0 saturated carbocycles. The summed E-state index contributed by atoms with van der Waals surface area (Å²) in [6.45, 7) is 4.33. The minimum absolute atomic E-state index is 0.218. The fraction of sp³-hybridized carbons (Fsp3) is 0.533. The zero-order chi connectivity index (χ0) is 13.4. The first-order chi connectivity index (χ1) is 8.76. The molecule has 1 rings (SSSR count). The molecular formula is C15H19N3. The zero-order valence-corrected chi connectivity index (χ0v) is 11.1. The van der Waals surface area contributed by atoms with Gasteiger partial charge in [0.15, 0.2) is 0 Å². The third-order valence-electron chi connectivity index (χ3n) is 3.39. The van der Waals surface area contributed by atoms with Gasteiger partial charge in [0.05, 0.1) is 6.07 Å². The van der Waals surface area contributed by atoms with Crippen LogP contribution in [0.4, 0.5) is 0 Å². The topological polar surface area (TPSA) is 60.5 Å². The van der Waals surface area contributed by atoms with Gasteiger partial charge in [0.2, 0.25) is 0 Å². The maximum Gasteiger partial charge on any atom is 0.140 e. The number of hydrogen-bond acceptors (Lipinski definition) is 3. The summed E-state index contributed by atoms with van der Waals surface area (Å²) < 4.78 is 0. The Morgan fingerprint density at radius 1 is 1.33 bits per heavy atom. The first-order valence-corrected chi connectivity index (χ1v) is 6.49. The second-order valence-corrected chi connectivity index (χ2v) is 4.51. The smallest absolute Gasteiger partial charge is 0.140 e. The van der Waals surface area contributed by atoms with Crippen LogP contribution in [0.5, 0.6) is 0 Å². The van der Waals surface area contributed by atoms with E-state index in [0.29, 0.717) is 18.0 Å². The molecule has 2 atom stereocenters. The van der Waals surface area contributed by atoms with E-state index in [1.165, 1.54) is 0 Å². The van der Waals surface area contributed by atoms with Crippen LogP contribution >= 0.6 is 0 Å². The molecule has 2 unspecified atom stereocenters. The number of pyridine rings is 1. The van der Waals surface area contributed by atoms with Crippen molar-refractivity contribution in [2.24, 2.45) is 5.92 Å². The van der Waals surface area contributed by atoms with Crippen molar-refractivity contribution in [1.82, 2.24) is 4.98 Å². The summed E-state index contributed by atoms with van der Waals surface area (Å²) in [6, 6.07) is 8.08. The largest absolute Gasteiger partial charge is 0.246 e. The Morgan fingerprint density at radius 3 is 2.67 bits per heavy atom. The summed E-state index contributed by atoms with van der Waals surface area (Å²) in [4.78, 5) is 3.99. The van der Waals surface area contributed by atoms with E-state index >= 15 is 0 Å². The molecule has 0 radical (unpaired) electrons. The Balaban J connectivity index is 3.03. The molecule has 0 fully saturated rings. The van der Waals surface area contributed by atoms with Crippen LogP contribution in [0.1, 0.15) is 56.7 Å². The number of rotatable bonds is 6. The first kappa shape index (κ1) is 14.2. The third-order valence-corrected chi connectivity index (χ3v) is 3.39. The molecule has 0 spiro atoms. The van der Waals surface area contributed by atoms with Gasteiger partial charge in [-0.05, 0) is 29.5 Å². The highest BCUT2D eigenvalue weighted by atomic mass is 14.7.